The van der Waals surface area contributed by atoms with E-state index >= 15 is 0 Å². The first-order valence-corrected chi connectivity index (χ1v) is 21.1. The van der Waals surface area contributed by atoms with Gasteiger partial charge in [-0.1, -0.05) is 194 Å². The Balaban J connectivity index is 0.955. The van der Waals surface area contributed by atoms with E-state index in [9.17, 15) is 0 Å². The van der Waals surface area contributed by atoms with Crippen LogP contribution in [0, 0.1) is 0 Å². The molecule has 1 aliphatic carbocycles. The molecule has 1 aliphatic heterocycles. The molecule has 62 heavy (non-hydrogen) atoms. The Morgan fingerprint density at radius 1 is 0.274 bits per heavy atom. The quantitative estimate of drug-likeness (QED) is 0.168. The number of anilines is 3. The largest absolute Gasteiger partial charge is 0.310 e. The lowest BCUT2D eigenvalue weighted by atomic mass is 9.64. The minimum atomic E-state index is -0.510. The minimum Gasteiger partial charge on any atom is -0.310 e. The number of para-hydroxylation sites is 3. The summed E-state index contributed by atoms with van der Waals surface area (Å²) >= 11 is 0. The Hall–Kier alpha value is -8.21. The molecule has 9 aromatic carbocycles. The van der Waals surface area contributed by atoms with E-state index in [2.05, 4.69) is 175 Å². The van der Waals surface area contributed by atoms with Crippen LogP contribution in [0.3, 0.4) is 0 Å². The second kappa shape index (κ2) is 14.5. The molecule has 0 saturated heterocycles. The van der Waals surface area contributed by atoms with Crippen molar-refractivity contribution in [2.24, 2.45) is 0 Å². The van der Waals surface area contributed by atoms with Crippen LogP contribution in [0.5, 0.6) is 0 Å². The molecule has 4 heteroatoms. The van der Waals surface area contributed by atoms with Crippen molar-refractivity contribution in [3.8, 4) is 67.5 Å². The smallest absolute Gasteiger partial charge is 0.164 e. The van der Waals surface area contributed by atoms with Crippen LogP contribution in [-0.2, 0) is 5.41 Å². The molecule has 290 valence electrons. The van der Waals surface area contributed by atoms with Crippen LogP contribution < -0.4 is 4.90 Å². The molecule has 0 radical (unpaired) electrons. The zero-order valence-corrected chi connectivity index (χ0v) is 33.7. The van der Waals surface area contributed by atoms with E-state index in [0.717, 1.165) is 33.5 Å². The molecular formula is C58H38N4. The van der Waals surface area contributed by atoms with Crippen LogP contribution in [0.4, 0.5) is 17.1 Å². The van der Waals surface area contributed by atoms with E-state index in [0.29, 0.717) is 17.5 Å². The molecule has 0 bridgehead atoms. The predicted octanol–water partition coefficient (Wildman–Crippen LogP) is 14.4. The Bertz CT molecular complexity index is 3180. The molecule has 2 heterocycles. The van der Waals surface area contributed by atoms with Gasteiger partial charge in [-0.05, 0) is 92.0 Å². The van der Waals surface area contributed by atoms with Crippen molar-refractivity contribution in [1.29, 1.82) is 0 Å². The van der Waals surface area contributed by atoms with Crippen LogP contribution in [0.25, 0.3) is 67.5 Å². The summed E-state index contributed by atoms with van der Waals surface area (Å²) in [5.74, 6) is 1.95. The molecule has 1 aromatic heterocycles. The lowest BCUT2D eigenvalue weighted by molar-refractivity contribution is 0.753. The maximum Gasteiger partial charge on any atom is 0.164 e. The second-order valence-corrected chi connectivity index (χ2v) is 16.0. The molecule has 2 aliphatic rings. The van der Waals surface area contributed by atoms with Gasteiger partial charge in [0, 0.05) is 22.4 Å². The third kappa shape index (κ3) is 5.65. The van der Waals surface area contributed by atoms with Crippen LogP contribution in [0.1, 0.15) is 22.3 Å². The molecule has 10 aromatic rings. The van der Waals surface area contributed by atoms with Gasteiger partial charge >= 0.3 is 0 Å². The number of aromatic nitrogens is 3. The fraction of sp³-hybridized carbons (Fsp3) is 0.0172. The van der Waals surface area contributed by atoms with E-state index in [4.69, 9.17) is 15.0 Å². The number of hydrogen-bond acceptors (Lipinski definition) is 4. The fourth-order valence-electron chi connectivity index (χ4n) is 9.77. The van der Waals surface area contributed by atoms with E-state index in [1.165, 1.54) is 55.9 Å². The molecule has 0 amide bonds. The summed E-state index contributed by atoms with van der Waals surface area (Å²) in [6.07, 6.45) is 0. The van der Waals surface area contributed by atoms with Crippen molar-refractivity contribution in [3.05, 3.63) is 253 Å². The summed E-state index contributed by atoms with van der Waals surface area (Å²) in [5, 5.41) is 0. The Kier molecular flexibility index (Phi) is 8.36. The Morgan fingerprint density at radius 2 is 0.677 bits per heavy atom. The van der Waals surface area contributed by atoms with Gasteiger partial charge in [0.1, 0.15) is 0 Å². The number of hydrogen-bond donors (Lipinski definition) is 0. The SMILES string of the molecule is c1ccc(-c2nc(-c3ccccc3)nc(-c3ccc(-c4cccc(-c5ccc6c(c5)C5(c7ccccc7-6)c6ccccc6N(c6ccccc6)c6ccccc65)c4)cc3)n2)cc1. The molecule has 0 fully saturated rings. The van der Waals surface area contributed by atoms with Crippen LogP contribution >= 0.6 is 0 Å². The lowest BCUT2D eigenvalue weighted by Gasteiger charge is -2.45. The highest BCUT2D eigenvalue weighted by molar-refractivity contribution is 5.96. The van der Waals surface area contributed by atoms with Crippen molar-refractivity contribution in [3.63, 3.8) is 0 Å². The van der Waals surface area contributed by atoms with Crippen LogP contribution in [-0.4, -0.2) is 15.0 Å². The first kappa shape index (κ1) is 35.7. The van der Waals surface area contributed by atoms with Gasteiger partial charge < -0.3 is 4.90 Å². The number of fused-ring (bicyclic) bond motifs is 9. The summed E-state index contributed by atoms with van der Waals surface area (Å²) in [4.78, 5) is 17.2. The third-order valence-electron chi connectivity index (χ3n) is 12.5. The van der Waals surface area contributed by atoms with Gasteiger partial charge in [0.05, 0.1) is 16.8 Å². The Labute approximate surface area is 361 Å². The molecular weight excluding hydrogens is 753 g/mol. The maximum atomic E-state index is 4.96. The van der Waals surface area contributed by atoms with Crippen LogP contribution in [0.15, 0.2) is 231 Å². The first-order valence-electron chi connectivity index (χ1n) is 21.1. The van der Waals surface area contributed by atoms with E-state index in [-0.39, 0.29) is 0 Å². The standard InChI is InChI=1S/C58H38N4/c1-4-17-40(18-5-1)55-59-56(41-19-6-2-7-20-41)61-57(60-55)42-33-31-39(32-34-42)43-21-16-22-44(37-43)45-35-36-48-47-25-10-11-26-49(47)58(52(48)38-45)50-27-12-14-29-53(50)62(46-23-8-3-9-24-46)54-30-15-13-28-51(54)58/h1-38H. The van der Waals surface area contributed by atoms with Gasteiger partial charge in [0.2, 0.25) is 0 Å². The third-order valence-corrected chi connectivity index (χ3v) is 12.5. The first-order chi connectivity index (χ1) is 30.7. The summed E-state index contributed by atoms with van der Waals surface area (Å²) in [5.41, 5.74) is 18.2. The zero-order valence-electron chi connectivity index (χ0n) is 33.7. The normalized spacial score (nSPS) is 12.9. The molecule has 0 N–H and O–H groups in total. The molecule has 0 atom stereocenters. The van der Waals surface area contributed by atoms with Crippen molar-refractivity contribution >= 4 is 17.1 Å². The number of rotatable bonds is 6. The molecule has 12 rings (SSSR count). The average molecular weight is 791 g/mol. The molecule has 0 saturated carbocycles. The topological polar surface area (TPSA) is 41.9 Å². The predicted molar refractivity (Wildman–Crippen MR) is 253 cm³/mol. The fourth-order valence-corrected chi connectivity index (χ4v) is 9.77. The van der Waals surface area contributed by atoms with Gasteiger partial charge in [-0.2, -0.15) is 0 Å². The van der Waals surface area contributed by atoms with Gasteiger partial charge in [0.15, 0.2) is 17.5 Å². The van der Waals surface area contributed by atoms with E-state index < -0.39 is 5.41 Å². The number of benzene rings is 9. The van der Waals surface area contributed by atoms with Crippen molar-refractivity contribution in [2.75, 3.05) is 4.90 Å². The van der Waals surface area contributed by atoms with Gasteiger partial charge in [-0.25, -0.2) is 15.0 Å². The zero-order chi connectivity index (χ0) is 41.0. The maximum absolute atomic E-state index is 4.96. The summed E-state index contributed by atoms with van der Waals surface area (Å²) in [7, 11) is 0. The van der Waals surface area contributed by atoms with Gasteiger partial charge in [-0.15, -0.1) is 0 Å². The molecule has 0 unspecified atom stereocenters. The van der Waals surface area contributed by atoms with Crippen LogP contribution in [0.2, 0.25) is 0 Å². The van der Waals surface area contributed by atoms with Crippen molar-refractivity contribution < 1.29 is 0 Å². The van der Waals surface area contributed by atoms with E-state index in [1.54, 1.807) is 0 Å². The van der Waals surface area contributed by atoms with E-state index in [1.807, 2.05) is 60.7 Å². The summed E-state index contributed by atoms with van der Waals surface area (Å²) in [6.45, 7) is 0. The summed E-state index contributed by atoms with van der Waals surface area (Å²) < 4.78 is 0. The van der Waals surface area contributed by atoms with Crippen molar-refractivity contribution in [1.82, 2.24) is 15.0 Å². The molecule has 1 spiro atoms. The Morgan fingerprint density at radius 3 is 1.27 bits per heavy atom. The second-order valence-electron chi connectivity index (χ2n) is 16.0. The number of nitrogens with zero attached hydrogens (tertiary/aromatic N) is 4. The van der Waals surface area contributed by atoms with Gasteiger partial charge in [0.25, 0.3) is 0 Å². The van der Waals surface area contributed by atoms with Crippen molar-refractivity contribution in [2.45, 2.75) is 5.41 Å². The average Bonchev–Trinajstić information content (AvgIpc) is 3.65. The minimum absolute atomic E-state index is 0.510. The lowest BCUT2D eigenvalue weighted by Crippen LogP contribution is -2.36. The highest BCUT2D eigenvalue weighted by atomic mass is 15.2. The highest BCUT2D eigenvalue weighted by Gasteiger charge is 2.51. The molecule has 4 nitrogen and oxygen atoms in total. The monoisotopic (exact) mass is 790 g/mol. The van der Waals surface area contributed by atoms with Gasteiger partial charge in [-0.3, -0.25) is 0 Å². The highest BCUT2D eigenvalue weighted by Crippen LogP contribution is 2.63. The summed E-state index contributed by atoms with van der Waals surface area (Å²) in [6, 6.07) is 82.5.